The van der Waals surface area contributed by atoms with Gasteiger partial charge in [-0.2, -0.15) is 0 Å². The first-order chi connectivity index (χ1) is 12.0. The highest BCUT2D eigenvalue weighted by atomic mass is 15.1. The van der Waals surface area contributed by atoms with Crippen LogP contribution in [-0.2, 0) is 6.54 Å². The van der Waals surface area contributed by atoms with Crippen molar-refractivity contribution in [2.24, 2.45) is 0 Å². The fourth-order valence-corrected chi connectivity index (χ4v) is 2.61. The highest BCUT2D eigenvalue weighted by Gasteiger charge is 2.09. The normalized spacial score (nSPS) is 10.5. The van der Waals surface area contributed by atoms with E-state index in [1.165, 1.54) is 23.0 Å². The summed E-state index contributed by atoms with van der Waals surface area (Å²) in [6.45, 7) is 6.86. The second-order valence-corrected chi connectivity index (χ2v) is 6.27. The van der Waals surface area contributed by atoms with Gasteiger partial charge in [0.1, 0.15) is 12.0 Å². The second-order valence-electron chi connectivity index (χ2n) is 6.27. The van der Waals surface area contributed by atoms with Crippen LogP contribution in [-0.4, -0.2) is 9.97 Å². The molecule has 25 heavy (non-hydrogen) atoms. The van der Waals surface area contributed by atoms with Gasteiger partial charge in [-0.3, -0.25) is 0 Å². The number of aromatic nitrogens is 2. The fourth-order valence-electron chi connectivity index (χ4n) is 2.61. The van der Waals surface area contributed by atoms with Crippen LogP contribution in [0.2, 0.25) is 0 Å². The maximum Gasteiger partial charge on any atom is 0.159 e. The lowest BCUT2D eigenvalue weighted by Crippen LogP contribution is -2.08. The highest BCUT2D eigenvalue weighted by molar-refractivity contribution is 5.78. The zero-order chi connectivity index (χ0) is 17.8. The van der Waals surface area contributed by atoms with Crippen molar-refractivity contribution >= 4 is 23.0 Å². The van der Waals surface area contributed by atoms with E-state index in [1.54, 1.807) is 0 Å². The fraction of sp³-hybridized carbons (Fsp3) is 0.200. The SMILES string of the molecule is Cc1ccc(CNc2ncnc(Nc3ccc(C)cc3C)c2N)cc1. The standard InChI is InChI=1S/C20H23N5/c1-13-4-7-16(8-5-13)11-22-19-18(21)20(24-12-23-19)25-17-9-6-14(2)10-15(17)3/h4-10,12H,11,21H2,1-3H3,(H2,22,23,24,25). The molecule has 0 saturated heterocycles. The summed E-state index contributed by atoms with van der Waals surface area (Å²) in [6.07, 6.45) is 1.51. The van der Waals surface area contributed by atoms with Gasteiger partial charge in [0.2, 0.25) is 0 Å². The van der Waals surface area contributed by atoms with Gasteiger partial charge in [-0.1, -0.05) is 47.5 Å². The molecule has 0 aliphatic heterocycles. The van der Waals surface area contributed by atoms with Crippen LogP contribution in [0.1, 0.15) is 22.3 Å². The van der Waals surface area contributed by atoms with E-state index in [2.05, 4.69) is 77.8 Å². The molecule has 0 amide bonds. The highest BCUT2D eigenvalue weighted by Crippen LogP contribution is 2.27. The number of nitrogens with zero attached hydrogens (tertiary/aromatic N) is 2. The van der Waals surface area contributed by atoms with Crippen molar-refractivity contribution in [2.75, 3.05) is 16.4 Å². The Bertz CT molecular complexity index is 872. The first-order valence-electron chi connectivity index (χ1n) is 8.27. The maximum atomic E-state index is 6.25. The molecule has 1 aromatic heterocycles. The molecule has 0 radical (unpaired) electrons. The van der Waals surface area contributed by atoms with Crippen LogP contribution in [0.4, 0.5) is 23.0 Å². The number of aryl methyl sites for hydroxylation is 3. The molecule has 5 nitrogen and oxygen atoms in total. The zero-order valence-corrected chi connectivity index (χ0v) is 14.8. The molecular weight excluding hydrogens is 310 g/mol. The van der Waals surface area contributed by atoms with Gasteiger partial charge in [0.25, 0.3) is 0 Å². The predicted octanol–water partition coefficient (Wildman–Crippen LogP) is 4.34. The first kappa shape index (κ1) is 16.8. The molecule has 0 atom stereocenters. The first-order valence-corrected chi connectivity index (χ1v) is 8.27. The molecule has 4 N–H and O–H groups in total. The summed E-state index contributed by atoms with van der Waals surface area (Å²) >= 11 is 0. The lowest BCUT2D eigenvalue weighted by molar-refractivity contribution is 1.08. The Morgan fingerprint density at radius 1 is 0.880 bits per heavy atom. The number of benzene rings is 2. The molecule has 0 fully saturated rings. The molecule has 0 saturated carbocycles. The smallest absolute Gasteiger partial charge is 0.159 e. The van der Waals surface area contributed by atoms with Gasteiger partial charge < -0.3 is 16.4 Å². The van der Waals surface area contributed by atoms with Crippen LogP contribution < -0.4 is 16.4 Å². The topological polar surface area (TPSA) is 75.9 Å². The van der Waals surface area contributed by atoms with E-state index in [-0.39, 0.29) is 0 Å². The van der Waals surface area contributed by atoms with E-state index in [1.807, 2.05) is 6.07 Å². The van der Waals surface area contributed by atoms with E-state index in [9.17, 15) is 0 Å². The Morgan fingerprint density at radius 3 is 2.28 bits per heavy atom. The van der Waals surface area contributed by atoms with Gasteiger partial charge >= 0.3 is 0 Å². The van der Waals surface area contributed by atoms with E-state index in [0.717, 1.165) is 11.3 Å². The van der Waals surface area contributed by atoms with Gasteiger partial charge in [-0.15, -0.1) is 0 Å². The average Bonchev–Trinajstić information content (AvgIpc) is 2.59. The van der Waals surface area contributed by atoms with Crippen LogP contribution in [0.15, 0.2) is 48.8 Å². The number of nitrogens with one attached hydrogen (secondary N) is 2. The minimum absolute atomic E-state index is 0.509. The summed E-state index contributed by atoms with van der Waals surface area (Å²) in [5, 5.41) is 6.58. The van der Waals surface area contributed by atoms with Crippen molar-refractivity contribution < 1.29 is 0 Å². The van der Waals surface area contributed by atoms with Crippen LogP contribution >= 0.6 is 0 Å². The van der Waals surface area contributed by atoms with Gasteiger partial charge in [0, 0.05) is 12.2 Å². The molecular formula is C20H23N5. The lowest BCUT2D eigenvalue weighted by Gasteiger charge is -2.14. The minimum atomic E-state index is 0.509. The predicted molar refractivity (Wildman–Crippen MR) is 104 cm³/mol. The Balaban J connectivity index is 1.76. The monoisotopic (exact) mass is 333 g/mol. The average molecular weight is 333 g/mol. The molecule has 0 aliphatic carbocycles. The third-order valence-electron chi connectivity index (χ3n) is 4.10. The Hall–Kier alpha value is -3.08. The van der Waals surface area contributed by atoms with Gasteiger partial charge in [-0.05, 0) is 38.0 Å². The summed E-state index contributed by atoms with van der Waals surface area (Å²) in [7, 11) is 0. The minimum Gasteiger partial charge on any atom is -0.393 e. The molecule has 128 valence electrons. The van der Waals surface area contributed by atoms with Crippen LogP contribution in [0.3, 0.4) is 0 Å². The largest absolute Gasteiger partial charge is 0.393 e. The van der Waals surface area contributed by atoms with Crippen molar-refractivity contribution in [3.8, 4) is 0 Å². The summed E-state index contributed by atoms with van der Waals surface area (Å²) < 4.78 is 0. The van der Waals surface area contributed by atoms with Gasteiger partial charge in [0.15, 0.2) is 11.6 Å². The van der Waals surface area contributed by atoms with Crippen molar-refractivity contribution in [1.82, 2.24) is 9.97 Å². The van der Waals surface area contributed by atoms with Crippen LogP contribution in [0, 0.1) is 20.8 Å². The number of hydrogen-bond donors (Lipinski definition) is 3. The Labute approximate surface area is 148 Å². The molecule has 5 heteroatoms. The molecule has 1 heterocycles. The van der Waals surface area contributed by atoms with Gasteiger partial charge in [-0.25, -0.2) is 9.97 Å². The molecule has 2 aromatic carbocycles. The number of nitrogen functional groups attached to an aromatic ring is 1. The van der Waals surface area contributed by atoms with E-state index < -0.39 is 0 Å². The van der Waals surface area contributed by atoms with E-state index in [4.69, 9.17) is 5.73 Å². The third kappa shape index (κ3) is 4.07. The Kier molecular flexibility index (Phi) is 4.84. The second kappa shape index (κ2) is 7.21. The Morgan fingerprint density at radius 2 is 1.56 bits per heavy atom. The molecule has 3 aromatic rings. The molecule has 0 aliphatic rings. The summed E-state index contributed by atoms with van der Waals surface area (Å²) in [5.41, 5.74) is 12.5. The summed E-state index contributed by atoms with van der Waals surface area (Å²) in [6, 6.07) is 14.6. The number of rotatable bonds is 5. The quantitative estimate of drug-likeness (QED) is 0.647. The number of hydrogen-bond acceptors (Lipinski definition) is 5. The summed E-state index contributed by atoms with van der Waals surface area (Å²) in [5.74, 6) is 1.23. The van der Waals surface area contributed by atoms with Crippen molar-refractivity contribution in [1.29, 1.82) is 0 Å². The van der Waals surface area contributed by atoms with Crippen molar-refractivity contribution in [2.45, 2.75) is 27.3 Å². The number of nitrogens with two attached hydrogens (primary N) is 1. The van der Waals surface area contributed by atoms with E-state index in [0.29, 0.717) is 23.9 Å². The lowest BCUT2D eigenvalue weighted by atomic mass is 10.1. The molecule has 0 unspecified atom stereocenters. The van der Waals surface area contributed by atoms with Crippen molar-refractivity contribution in [3.05, 3.63) is 71.0 Å². The van der Waals surface area contributed by atoms with Gasteiger partial charge in [0.05, 0.1) is 0 Å². The molecule has 0 bridgehead atoms. The van der Waals surface area contributed by atoms with Crippen LogP contribution in [0.5, 0.6) is 0 Å². The number of anilines is 4. The van der Waals surface area contributed by atoms with E-state index >= 15 is 0 Å². The van der Waals surface area contributed by atoms with Crippen LogP contribution in [0.25, 0.3) is 0 Å². The molecule has 0 spiro atoms. The molecule has 3 rings (SSSR count). The maximum absolute atomic E-state index is 6.25. The third-order valence-corrected chi connectivity index (χ3v) is 4.10. The zero-order valence-electron chi connectivity index (χ0n) is 14.8. The summed E-state index contributed by atoms with van der Waals surface area (Å²) in [4.78, 5) is 8.54. The van der Waals surface area contributed by atoms with Crippen molar-refractivity contribution in [3.63, 3.8) is 0 Å².